The van der Waals surface area contributed by atoms with Gasteiger partial charge in [-0.2, -0.15) is 0 Å². The molecule has 1 aromatic rings. The van der Waals surface area contributed by atoms with Gasteiger partial charge in [-0.1, -0.05) is 0 Å². The Morgan fingerprint density at radius 2 is 2.11 bits per heavy atom. The van der Waals surface area contributed by atoms with E-state index in [9.17, 15) is 4.79 Å². The summed E-state index contributed by atoms with van der Waals surface area (Å²) in [5, 5.41) is 2.77. The van der Waals surface area contributed by atoms with E-state index in [1.165, 1.54) is 19.3 Å². The summed E-state index contributed by atoms with van der Waals surface area (Å²) in [4.78, 5) is 18.1. The second kappa shape index (κ2) is 6.35. The number of aromatic nitrogens is 1. The number of rotatable bonds is 4. The van der Waals surface area contributed by atoms with Gasteiger partial charge in [-0.25, -0.2) is 4.98 Å². The fourth-order valence-electron chi connectivity index (χ4n) is 2.12. The SMILES string of the molecule is NCCC(=O)Nc1ccc(N2CCCCC2)nc1. The van der Waals surface area contributed by atoms with Gasteiger partial charge >= 0.3 is 0 Å². The quantitative estimate of drug-likeness (QED) is 0.844. The van der Waals surface area contributed by atoms with Crippen LogP contribution in [0.25, 0.3) is 0 Å². The highest BCUT2D eigenvalue weighted by Gasteiger charge is 2.11. The molecule has 0 unspecified atom stereocenters. The molecule has 1 saturated heterocycles. The average Bonchev–Trinajstić information content (AvgIpc) is 2.41. The highest BCUT2D eigenvalue weighted by molar-refractivity contribution is 5.90. The lowest BCUT2D eigenvalue weighted by atomic mass is 10.1. The van der Waals surface area contributed by atoms with E-state index in [1.54, 1.807) is 6.20 Å². The maximum Gasteiger partial charge on any atom is 0.225 e. The summed E-state index contributed by atoms with van der Waals surface area (Å²) in [5.41, 5.74) is 6.05. The number of amides is 1. The highest BCUT2D eigenvalue weighted by Crippen LogP contribution is 2.18. The predicted molar refractivity (Wildman–Crippen MR) is 72.6 cm³/mol. The standard InChI is InChI=1S/C13H20N4O/c14-7-6-13(18)16-11-4-5-12(15-10-11)17-8-2-1-3-9-17/h4-5,10H,1-3,6-9,14H2,(H,16,18). The van der Waals surface area contributed by atoms with Crippen LogP contribution in [-0.2, 0) is 4.79 Å². The lowest BCUT2D eigenvalue weighted by Gasteiger charge is -2.27. The van der Waals surface area contributed by atoms with Gasteiger partial charge in [0.25, 0.3) is 0 Å². The number of nitrogens with one attached hydrogen (secondary N) is 1. The molecule has 0 atom stereocenters. The number of nitrogens with zero attached hydrogens (tertiary/aromatic N) is 2. The van der Waals surface area contributed by atoms with E-state index in [-0.39, 0.29) is 5.91 Å². The van der Waals surface area contributed by atoms with Crippen molar-refractivity contribution < 1.29 is 4.79 Å². The Labute approximate surface area is 107 Å². The monoisotopic (exact) mass is 248 g/mol. The summed E-state index contributed by atoms with van der Waals surface area (Å²) in [6.45, 7) is 2.52. The van der Waals surface area contributed by atoms with Gasteiger partial charge in [0.05, 0.1) is 11.9 Å². The van der Waals surface area contributed by atoms with E-state index in [0.717, 1.165) is 24.6 Å². The Kier molecular flexibility index (Phi) is 4.52. The second-order valence-corrected chi connectivity index (χ2v) is 4.54. The third kappa shape index (κ3) is 3.43. The predicted octanol–water partition coefficient (Wildman–Crippen LogP) is 1.36. The zero-order valence-electron chi connectivity index (χ0n) is 10.6. The number of nitrogens with two attached hydrogens (primary N) is 1. The van der Waals surface area contributed by atoms with Gasteiger partial charge in [-0.3, -0.25) is 4.79 Å². The molecule has 98 valence electrons. The number of anilines is 2. The Morgan fingerprint density at radius 3 is 2.72 bits per heavy atom. The minimum absolute atomic E-state index is 0.0648. The molecular formula is C13H20N4O. The van der Waals surface area contributed by atoms with Crippen LogP contribution in [0.2, 0.25) is 0 Å². The first-order valence-corrected chi connectivity index (χ1v) is 6.50. The maximum absolute atomic E-state index is 11.4. The van der Waals surface area contributed by atoms with Crippen molar-refractivity contribution >= 4 is 17.4 Å². The van der Waals surface area contributed by atoms with E-state index in [2.05, 4.69) is 15.2 Å². The van der Waals surface area contributed by atoms with E-state index in [4.69, 9.17) is 5.73 Å². The largest absolute Gasteiger partial charge is 0.357 e. The van der Waals surface area contributed by atoms with Crippen molar-refractivity contribution in [3.63, 3.8) is 0 Å². The van der Waals surface area contributed by atoms with Crippen molar-refractivity contribution in [3.05, 3.63) is 18.3 Å². The topological polar surface area (TPSA) is 71.2 Å². The van der Waals surface area contributed by atoms with Gasteiger partial charge in [0, 0.05) is 26.1 Å². The summed E-state index contributed by atoms with van der Waals surface area (Å²) in [6, 6.07) is 3.86. The van der Waals surface area contributed by atoms with E-state index >= 15 is 0 Å². The van der Waals surface area contributed by atoms with Crippen LogP contribution >= 0.6 is 0 Å². The fraction of sp³-hybridized carbons (Fsp3) is 0.538. The number of piperidine rings is 1. The van der Waals surface area contributed by atoms with Crippen molar-refractivity contribution in [2.75, 3.05) is 29.9 Å². The summed E-state index contributed by atoms with van der Waals surface area (Å²) >= 11 is 0. The molecule has 0 bridgehead atoms. The Hall–Kier alpha value is -1.62. The van der Waals surface area contributed by atoms with Crippen molar-refractivity contribution in [2.24, 2.45) is 5.73 Å². The molecule has 0 saturated carbocycles. The van der Waals surface area contributed by atoms with Gasteiger partial charge in [0.2, 0.25) is 5.91 Å². The molecular weight excluding hydrogens is 228 g/mol. The first-order chi connectivity index (χ1) is 8.79. The molecule has 18 heavy (non-hydrogen) atoms. The summed E-state index contributed by atoms with van der Waals surface area (Å²) in [5.74, 6) is 0.927. The first-order valence-electron chi connectivity index (χ1n) is 6.50. The Morgan fingerprint density at radius 1 is 1.33 bits per heavy atom. The number of hydrogen-bond donors (Lipinski definition) is 2. The lowest BCUT2D eigenvalue weighted by molar-refractivity contribution is -0.116. The number of pyridine rings is 1. The molecule has 1 aliphatic rings. The summed E-state index contributed by atoms with van der Waals surface area (Å²) in [7, 11) is 0. The van der Waals surface area contributed by atoms with E-state index < -0.39 is 0 Å². The van der Waals surface area contributed by atoms with Crippen LogP contribution < -0.4 is 16.0 Å². The van der Waals surface area contributed by atoms with Crippen LogP contribution in [0.4, 0.5) is 11.5 Å². The average molecular weight is 248 g/mol. The molecule has 0 radical (unpaired) electrons. The van der Waals surface area contributed by atoms with E-state index in [0.29, 0.717) is 13.0 Å². The van der Waals surface area contributed by atoms with Gasteiger partial charge in [-0.15, -0.1) is 0 Å². The van der Waals surface area contributed by atoms with Crippen molar-refractivity contribution in [2.45, 2.75) is 25.7 Å². The molecule has 2 heterocycles. The smallest absolute Gasteiger partial charge is 0.225 e. The van der Waals surface area contributed by atoms with Gasteiger partial charge in [0.15, 0.2) is 0 Å². The molecule has 0 aromatic carbocycles. The van der Waals surface area contributed by atoms with Crippen LogP contribution in [0.15, 0.2) is 18.3 Å². The molecule has 5 heteroatoms. The van der Waals surface area contributed by atoms with Gasteiger partial charge in [-0.05, 0) is 31.4 Å². The minimum Gasteiger partial charge on any atom is -0.357 e. The molecule has 3 N–H and O–H groups in total. The molecule has 2 rings (SSSR count). The number of hydrogen-bond acceptors (Lipinski definition) is 4. The molecule has 1 fully saturated rings. The second-order valence-electron chi connectivity index (χ2n) is 4.54. The Balaban J connectivity index is 1.94. The van der Waals surface area contributed by atoms with Crippen LogP contribution in [0, 0.1) is 0 Å². The van der Waals surface area contributed by atoms with Crippen LogP contribution in [0.5, 0.6) is 0 Å². The third-order valence-corrected chi connectivity index (χ3v) is 3.08. The lowest BCUT2D eigenvalue weighted by Crippen LogP contribution is -2.30. The minimum atomic E-state index is -0.0648. The zero-order chi connectivity index (χ0) is 12.8. The number of carbonyl (C=O) groups excluding carboxylic acids is 1. The first kappa shape index (κ1) is 12.8. The maximum atomic E-state index is 11.4. The van der Waals surface area contributed by atoms with Crippen molar-refractivity contribution in [1.82, 2.24) is 4.98 Å². The zero-order valence-corrected chi connectivity index (χ0v) is 10.6. The van der Waals surface area contributed by atoms with Gasteiger partial charge < -0.3 is 16.0 Å². The molecule has 1 aromatic heterocycles. The normalized spacial score (nSPS) is 15.5. The molecule has 1 aliphatic heterocycles. The Bertz CT molecular complexity index is 384. The van der Waals surface area contributed by atoms with Gasteiger partial charge in [0.1, 0.15) is 5.82 Å². The number of carbonyl (C=O) groups is 1. The van der Waals surface area contributed by atoms with Crippen LogP contribution in [0.1, 0.15) is 25.7 Å². The van der Waals surface area contributed by atoms with Crippen LogP contribution in [0.3, 0.4) is 0 Å². The fourth-order valence-corrected chi connectivity index (χ4v) is 2.12. The van der Waals surface area contributed by atoms with Crippen molar-refractivity contribution in [1.29, 1.82) is 0 Å². The summed E-state index contributed by atoms with van der Waals surface area (Å²) < 4.78 is 0. The van der Waals surface area contributed by atoms with Crippen LogP contribution in [-0.4, -0.2) is 30.5 Å². The third-order valence-electron chi connectivity index (χ3n) is 3.08. The molecule has 0 aliphatic carbocycles. The van der Waals surface area contributed by atoms with E-state index in [1.807, 2.05) is 12.1 Å². The molecule has 1 amide bonds. The molecule has 5 nitrogen and oxygen atoms in total. The molecule has 0 spiro atoms. The summed E-state index contributed by atoms with van der Waals surface area (Å²) in [6.07, 6.45) is 5.82. The van der Waals surface area contributed by atoms with Crippen molar-refractivity contribution in [3.8, 4) is 0 Å². The highest BCUT2D eigenvalue weighted by atomic mass is 16.1.